The third-order valence-electron chi connectivity index (χ3n) is 11.8. The number of aliphatic hydroxyl groups is 2. The van der Waals surface area contributed by atoms with E-state index >= 15 is 0 Å². The predicted octanol–water partition coefficient (Wildman–Crippen LogP) is 9.09. The summed E-state index contributed by atoms with van der Waals surface area (Å²) in [5.41, 5.74) is 5.75. The van der Waals surface area contributed by atoms with Gasteiger partial charge < -0.3 is 48.6 Å². The van der Waals surface area contributed by atoms with Crippen LogP contribution in [0.3, 0.4) is 0 Å². The summed E-state index contributed by atoms with van der Waals surface area (Å²) in [6.07, 6.45) is 1.33. The van der Waals surface area contributed by atoms with Crippen LogP contribution in [-0.4, -0.2) is 119 Å². The number of hydrogen-bond acceptors (Lipinski definition) is 10. The maximum Gasteiger partial charge on any atom is 0.410 e. The van der Waals surface area contributed by atoms with Gasteiger partial charge in [-0.1, -0.05) is 80.2 Å². The summed E-state index contributed by atoms with van der Waals surface area (Å²) in [7, 11) is 0. The van der Waals surface area contributed by atoms with Crippen molar-refractivity contribution >= 4 is 18.3 Å². The fourth-order valence-corrected chi connectivity index (χ4v) is 8.60. The van der Waals surface area contributed by atoms with Gasteiger partial charge >= 0.3 is 18.3 Å². The third-order valence-corrected chi connectivity index (χ3v) is 11.8. The van der Waals surface area contributed by atoms with Crippen molar-refractivity contribution in [3.05, 3.63) is 106 Å². The highest BCUT2D eigenvalue weighted by Gasteiger charge is 2.43. The monoisotopic (exact) mass is 902 g/mol. The van der Waals surface area contributed by atoms with Crippen molar-refractivity contribution in [3.63, 3.8) is 0 Å². The molecule has 8 rings (SSSR count). The van der Waals surface area contributed by atoms with Crippen molar-refractivity contribution < 1.29 is 48.3 Å². The van der Waals surface area contributed by atoms with E-state index in [-0.39, 0.29) is 50.4 Å². The van der Waals surface area contributed by atoms with E-state index in [1.807, 2.05) is 86.6 Å². The van der Waals surface area contributed by atoms with Crippen LogP contribution in [-0.2, 0) is 42.9 Å². The van der Waals surface area contributed by atoms with Gasteiger partial charge in [-0.05, 0) is 115 Å². The number of carbonyl (C=O) groups is 3. The third kappa shape index (κ3) is 13.9. The minimum atomic E-state index is -0.624. The molecule has 5 aliphatic rings. The molecule has 0 saturated carbocycles. The molecule has 3 aromatic carbocycles. The van der Waals surface area contributed by atoms with E-state index in [0.29, 0.717) is 57.5 Å². The lowest BCUT2D eigenvalue weighted by Crippen LogP contribution is -2.54. The molecule has 3 atom stereocenters. The first-order chi connectivity index (χ1) is 30.2. The molecule has 0 aromatic heterocycles. The van der Waals surface area contributed by atoms with Crippen LogP contribution >= 0.6 is 0 Å². The molecule has 0 aliphatic carbocycles. The van der Waals surface area contributed by atoms with Crippen molar-refractivity contribution in [1.82, 2.24) is 14.7 Å². The van der Waals surface area contributed by atoms with E-state index in [4.69, 9.17) is 28.8 Å². The first-order valence-corrected chi connectivity index (χ1v) is 22.9. The summed E-state index contributed by atoms with van der Waals surface area (Å²) in [4.78, 5) is 41.0. The zero-order valence-electron chi connectivity index (χ0n) is 39.4. The van der Waals surface area contributed by atoms with Crippen molar-refractivity contribution in [2.45, 2.75) is 124 Å². The summed E-state index contributed by atoms with van der Waals surface area (Å²) in [5.74, 6) is 0.755. The average Bonchev–Trinajstić information content (AvgIpc) is 3.15. The molecule has 5 heterocycles. The Balaban J connectivity index is 0.000000182. The minimum Gasteiger partial charge on any atom is -0.444 e. The Hall–Kier alpha value is -4.69. The van der Waals surface area contributed by atoms with Crippen molar-refractivity contribution in [1.29, 1.82) is 0 Å². The molecule has 3 fully saturated rings. The normalized spacial score (nSPS) is 20.3. The molecule has 13 nitrogen and oxygen atoms in total. The summed E-state index contributed by atoms with van der Waals surface area (Å²) in [6.45, 7) is 22.3. The summed E-state index contributed by atoms with van der Waals surface area (Å²) in [6, 6.07) is 24.5. The lowest BCUT2D eigenvalue weighted by atomic mass is 9.85. The van der Waals surface area contributed by atoms with Crippen molar-refractivity contribution in [2.24, 2.45) is 17.8 Å². The van der Waals surface area contributed by atoms with E-state index in [0.717, 1.165) is 37.2 Å². The fraction of sp³-hybridized carbons (Fsp3) is 0.596. The molecule has 358 valence electrons. The first-order valence-electron chi connectivity index (χ1n) is 22.9. The topological polar surface area (TPSA) is 148 Å². The number of ether oxygens (including phenoxy) is 5. The quantitative estimate of drug-likeness (QED) is 0.230. The second-order valence-corrected chi connectivity index (χ2v) is 20.5. The van der Waals surface area contributed by atoms with E-state index in [2.05, 4.69) is 48.5 Å². The summed E-state index contributed by atoms with van der Waals surface area (Å²) < 4.78 is 28.0. The summed E-state index contributed by atoms with van der Waals surface area (Å²) in [5, 5.41) is 19.6. The highest BCUT2D eigenvalue weighted by molar-refractivity contribution is 5.70. The van der Waals surface area contributed by atoms with Gasteiger partial charge in [0.15, 0.2) is 0 Å². The second-order valence-electron chi connectivity index (χ2n) is 20.5. The molecule has 0 spiro atoms. The number of amides is 3. The number of rotatable bonds is 6. The Bertz CT molecular complexity index is 1940. The number of likely N-dealkylation sites (tertiary alicyclic amines) is 3. The summed E-state index contributed by atoms with van der Waals surface area (Å²) >= 11 is 0. The number of nitrogens with zero attached hydrogens (tertiary/aromatic N) is 3. The predicted molar refractivity (Wildman–Crippen MR) is 250 cm³/mol. The number of aliphatic hydroxyl groups excluding tert-OH is 2. The van der Waals surface area contributed by atoms with Crippen LogP contribution in [0, 0.1) is 17.8 Å². The average molecular weight is 902 g/mol. The Kier molecular flexibility index (Phi) is 17.2. The van der Waals surface area contributed by atoms with Gasteiger partial charge in [0.2, 0.25) is 0 Å². The van der Waals surface area contributed by atoms with Gasteiger partial charge in [-0.25, -0.2) is 14.4 Å². The molecule has 3 amide bonds. The van der Waals surface area contributed by atoms with Crippen LogP contribution in [0.1, 0.15) is 121 Å². The van der Waals surface area contributed by atoms with Crippen molar-refractivity contribution in [2.75, 3.05) is 59.1 Å². The maximum atomic E-state index is 12.0. The molecule has 1 unspecified atom stereocenters. The zero-order valence-corrected chi connectivity index (χ0v) is 39.4. The van der Waals surface area contributed by atoms with Gasteiger partial charge in [-0.15, -0.1) is 0 Å². The first kappa shape index (κ1) is 51.3. The lowest BCUT2D eigenvalue weighted by molar-refractivity contribution is -0.0645. The Morgan fingerprint density at radius 3 is 1.37 bits per heavy atom. The number of fused-ring (bicyclic) bond motifs is 2. The van der Waals surface area contributed by atoms with Gasteiger partial charge in [0.1, 0.15) is 16.8 Å². The Morgan fingerprint density at radius 1 is 0.600 bits per heavy atom. The molecule has 3 aromatic rings. The highest BCUT2D eigenvalue weighted by Crippen LogP contribution is 2.39. The smallest absolute Gasteiger partial charge is 0.410 e. The molecular weight excluding hydrogens is 827 g/mol. The minimum absolute atomic E-state index is 0. The lowest BCUT2D eigenvalue weighted by Gasteiger charge is -2.44. The number of benzene rings is 3. The molecule has 13 heteroatoms. The van der Waals surface area contributed by atoms with E-state index in [1.165, 1.54) is 22.3 Å². The largest absolute Gasteiger partial charge is 0.444 e. The van der Waals surface area contributed by atoms with Gasteiger partial charge in [0.25, 0.3) is 0 Å². The highest BCUT2D eigenvalue weighted by atomic mass is 16.6. The van der Waals surface area contributed by atoms with Crippen LogP contribution in [0.25, 0.3) is 0 Å². The van der Waals surface area contributed by atoms with Crippen molar-refractivity contribution in [3.8, 4) is 0 Å². The molecular formula is C52H75N3O10. The number of hydrogen-bond donors (Lipinski definition) is 2. The van der Waals surface area contributed by atoms with Crippen LogP contribution in [0.5, 0.6) is 0 Å². The Morgan fingerprint density at radius 2 is 0.969 bits per heavy atom. The molecule has 5 aliphatic heterocycles. The molecule has 0 bridgehead atoms. The van der Waals surface area contributed by atoms with E-state index < -0.39 is 22.9 Å². The molecule has 2 N–H and O–H groups in total. The van der Waals surface area contributed by atoms with Crippen LogP contribution < -0.4 is 0 Å². The molecule has 0 radical (unpaired) electrons. The second kappa shape index (κ2) is 21.7. The van der Waals surface area contributed by atoms with Crippen LogP contribution in [0.15, 0.2) is 72.8 Å². The molecule has 65 heavy (non-hydrogen) atoms. The standard InChI is InChI=1S/C17H25NO4.2C17H23NO3.CH4/c1-17(2,3)22-16(21)18-10-13(11-18)15(20)14-7-5-4-6-12(14)8-9-19;2*1-17(2,3)21-16(19)18-10-13(11-18)15-14-7-5-4-6-12(14)8-9-20-15;/h4-7,13,15,19-20H,8-11H2,1-3H3;2*4-7,13,15H,8-11H2,1-3H3;1H4/t;2*15-;/m.10./s1. The fourth-order valence-electron chi connectivity index (χ4n) is 8.60. The van der Waals surface area contributed by atoms with Gasteiger partial charge in [-0.3, -0.25) is 0 Å². The van der Waals surface area contributed by atoms with Crippen LogP contribution in [0.2, 0.25) is 0 Å². The van der Waals surface area contributed by atoms with Gasteiger partial charge in [0.05, 0.1) is 31.5 Å². The van der Waals surface area contributed by atoms with Gasteiger partial charge in [-0.2, -0.15) is 0 Å². The zero-order chi connectivity index (χ0) is 46.4. The van der Waals surface area contributed by atoms with E-state index in [9.17, 15) is 19.5 Å². The Labute approximate surface area is 387 Å². The number of carbonyl (C=O) groups excluding carboxylic acids is 3. The SMILES string of the molecule is C.CC(C)(C)OC(=O)N1CC(C(O)c2ccccc2CCO)C1.CC(C)(C)OC(=O)N1CC([C@@H]2OCCc3ccccc32)C1.CC(C)(C)OC(=O)N1CC([C@H]2OCCc3ccccc32)C1. The van der Waals surface area contributed by atoms with E-state index in [1.54, 1.807) is 14.7 Å². The maximum absolute atomic E-state index is 12.0. The molecule has 3 saturated heterocycles. The van der Waals surface area contributed by atoms with Crippen LogP contribution in [0.4, 0.5) is 14.4 Å². The van der Waals surface area contributed by atoms with Gasteiger partial charge in [0, 0.05) is 63.6 Å².